The van der Waals surface area contributed by atoms with Gasteiger partial charge in [-0.05, 0) is 137 Å². The number of carbonyl (C=O) groups is 2. The van der Waals surface area contributed by atoms with E-state index in [2.05, 4.69) is 52.2 Å². The predicted octanol–water partition coefficient (Wildman–Crippen LogP) is 6.97. The van der Waals surface area contributed by atoms with Gasteiger partial charge in [-0.1, -0.05) is 40.5 Å². The van der Waals surface area contributed by atoms with E-state index in [-0.39, 0.29) is 29.3 Å². The van der Waals surface area contributed by atoms with Crippen LogP contribution in [0.4, 0.5) is 0 Å². The van der Waals surface area contributed by atoms with Gasteiger partial charge in [-0.3, -0.25) is 9.59 Å². The smallest absolute Gasteiger partial charge is 0.233 e. The minimum atomic E-state index is -0.524. The van der Waals surface area contributed by atoms with Crippen molar-refractivity contribution in [1.82, 2.24) is 10.6 Å². The summed E-state index contributed by atoms with van der Waals surface area (Å²) >= 11 is 0. The molecule has 0 aliphatic heterocycles. The van der Waals surface area contributed by atoms with Crippen LogP contribution in [0.1, 0.15) is 119 Å². The molecule has 4 bridgehead atoms. The SMILES string of the molecule is CCC1CC(C)CC1C(C)NC(=O)C(C(=O)NC(C)C1CC(C)CC1CC)C12CC3CC(CC(C3)C1)C2. The number of amides is 2. The Bertz CT molecular complexity index is 757. The van der Waals surface area contributed by atoms with Crippen LogP contribution >= 0.6 is 0 Å². The Morgan fingerprint density at radius 1 is 0.676 bits per heavy atom. The van der Waals surface area contributed by atoms with Crippen molar-refractivity contribution in [2.75, 3.05) is 0 Å². The molecular weight excluding hydrogens is 456 g/mol. The van der Waals surface area contributed by atoms with Crippen LogP contribution in [0, 0.1) is 64.6 Å². The van der Waals surface area contributed by atoms with E-state index >= 15 is 0 Å². The van der Waals surface area contributed by atoms with Gasteiger partial charge in [0.2, 0.25) is 11.8 Å². The van der Waals surface area contributed by atoms with Crippen LogP contribution in [0.25, 0.3) is 0 Å². The van der Waals surface area contributed by atoms with E-state index in [0.717, 1.165) is 48.9 Å². The molecule has 4 heteroatoms. The maximum absolute atomic E-state index is 14.2. The molecule has 6 rings (SSSR count). The molecule has 0 radical (unpaired) electrons. The first-order chi connectivity index (χ1) is 17.6. The molecule has 2 amide bonds. The molecule has 4 nitrogen and oxygen atoms in total. The van der Waals surface area contributed by atoms with E-state index in [1.54, 1.807) is 0 Å². The van der Waals surface area contributed by atoms with Crippen molar-refractivity contribution in [1.29, 1.82) is 0 Å². The Labute approximate surface area is 227 Å². The van der Waals surface area contributed by atoms with Gasteiger partial charge in [0.25, 0.3) is 0 Å². The number of carbonyl (C=O) groups excluding carboxylic acids is 2. The molecule has 6 aliphatic carbocycles. The van der Waals surface area contributed by atoms with Crippen molar-refractivity contribution < 1.29 is 9.59 Å². The van der Waals surface area contributed by atoms with Crippen LogP contribution in [-0.4, -0.2) is 23.9 Å². The van der Waals surface area contributed by atoms with Crippen LogP contribution < -0.4 is 10.6 Å². The molecule has 0 saturated heterocycles. The zero-order chi connectivity index (χ0) is 26.5. The lowest BCUT2D eigenvalue weighted by Crippen LogP contribution is -2.59. The van der Waals surface area contributed by atoms with E-state index in [9.17, 15) is 9.59 Å². The van der Waals surface area contributed by atoms with Gasteiger partial charge in [0, 0.05) is 12.1 Å². The summed E-state index contributed by atoms with van der Waals surface area (Å²) in [5, 5.41) is 6.97. The summed E-state index contributed by atoms with van der Waals surface area (Å²) in [6.45, 7) is 13.7. The Morgan fingerprint density at radius 2 is 1.05 bits per heavy atom. The van der Waals surface area contributed by atoms with Crippen LogP contribution in [0.3, 0.4) is 0 Å². The molecule has 6 saturated carbocycles. The van der Waals surface area contributed by atoms with Gasteiger partial charge in [-0.2, -0.15) is 0 Å². The number of hydrogen-bond acceptors (Lipinski definition) is 2. The molecule has 37 heavy (non-hydrogen) atoms. The average Bonchev–Trinajstić information content (AvgIpc) is 3.39. The predicted molar refractivity (Wildman–Crippen MR) is 151 cm³/mol. The molecule has 8 unspecified atom stereocenters. The molecular formula is C33H56N2O2. The third-order valence-corrected chi connectivity index (χ3v) is 12.3. The number of rotatable bonds is 9. The molecule has 0 aromatic rings. The Balaban J connectivity index is 1.36. The topological polar surface area (TPSA) is 58.2 Å². The highest BCUT2D eigenvalue weighted by atomic mass is 16.2. The van der Waals surface area contributed by atoms with Crippen molar-refractivity contribution in [3.63, 3.8) is 0 Å². The molecule has 0 spiro atoms. The van der Waals surface area contributed by atoms with E-state index in [0.29, 0.717) is 23.7 Å². The summed E-state index contributed by atoms with van der Waals surface area (Å²) in [5.41, 5.74) is -0.122. The summed E-state index contributed by atoms with van der Waals surface area (Å²) in [6.07, 6.45) is 14.6. The minimum absolute atomic E-state index is 0.0420. The summed E-state index contributed by atoms with van der Waals surface area (Å²) in [7, 11) is 0. The van der Waals surface area contributed by atoms with Crippen molar-refractivity contribution in [2.24, 2.45) is 64.6 Å². The molecule has 8 atom stereocenters. The maximum Gasteiger partial charge on any atom is 0.233 e. The standard InChI is InChI=1S/C33H56N2O2/c1-7-26-9-19(3)11-28(26)21(5)34-31(36)30(33-16-23-13-24(17-33)15-25(14-23)18-33)32(37)35-22(6)29-12-20(4)10-27(29)8-2/h19-30H,7-18H2,1-6H3,(H,34,36)(H,35,37). The summed E-state index contributed by atoms with van der Waals surface area (Å²) in [5.74, 6) is 5.65. The molecule has 6 aliphatic rings. The van der Waals surface area contributed by atoms with Crippen molar-refractivity contribution >= 4 is 11.8 Å². The largest absolute Gasteiger partial charge is 0.353 e. The molecule has 0 heterocycles. The van der Waals surface area contributed by atoms with E-state index in [1.807, 2.05) is 0 Å². The molecule has 0 aromatic carbocycles. The Kier molecular flexibility index (Phi) is 8.06. The third-order valence-electron chi connectivity index (χ3n) is 12.3. The first kappa shape index (κ1) is 27.5. The fourth-order valence-corrected chi connectivity index (χ4v) is 11.1. The molecule has 6 fully saturated rings. The monoisotopic (exact) mass is 512 g/mol. The van der Waals surface area contributed by atoms with Crippen molar-refractivity contribution in [3.8, 4) is 0 Å². The quantitative estimate of drug-likeness (QED) is 0.328. The lowest BCUT2D eigenvalue weighted by atomic mass is 9.46. The summed E-state index contributed by atoms with van der Waals surface area (Å²) < 4.78 is 0. The Hall–Kier alpha value is -1.06. The number of hydrogen-bond donors (Lipinski definition) is 2. The normalized spacial score (nSPS) is 45.0. The van der Waals surface area contributed by atoms with Gasteiger partial charge in [-0.25, -0.2) is 0 Å². The highest BCUT2D eigenvalue weighted by Gasteiger charge is 2.58. The van der Waals surface area contributed by atoms with Crippen LogP contribution in [0.15, 0.2) is 0 Å². The van der Waals surface area contributed by atoms with Crippen LogP contribution in [0.2, 0.25) is 0 Å². The second-order valence-corrected chi connectivity index (χ2v) is 15.1. The second-order valence-electron chi connectivity index (χ2n) is 15.1. The zero-order valence-corrected chi connectivity index (χ0v) is 24.7. The van der Waals surface area contributed by atoms with E-state index in [1.165, 1.54) is 57.8 Å². The van der Waals surface area contributed by atoms with Gasteiger partial charge in [0.05, 0.1) is 0 Å². The van der Waals surface area contributed by atoms with Gasteiger partial charge >= 0.3 is 0 Å². The van der Waals surface area contributed by atoms with E-state index in [4.69, 9.17) is 0 Å². The van der Waals surface area contributed by atoms with Gasteiger partial charge in [-0.15, -0.1) is 0 Å². The summed E-state index contributed by atoms with van der Waals surface area (Å²) in [4.78, 5) is 28.5. The van der Waals surface area contributed by atoms with Gasteiger partial charge < -0.3 is 10.6 Å². The lowest BCUT2D eigenvalue weighted by molar-refractivity contribution is -0.154. The zero-order valence-electron chi connectivity index (χ0n) is 24.7. The van der Waals surface area contributed by atoms with E-state index < -0.39 is 5.92 Å². The average molecular weight is 513 g/mol. The third kappa shape index (κ3) is 5.38. The second kappa shape index (κ2) is 10.8. The molecule has 0 aromatic heterocycles. The molecule has 210 valence electrons. The highest BCUT2D eigenvalue weighted by molar-refractivity contribution is 6.01. The van der Waals surface area contributed by atoms with Gasteiger partial charge in [0.1, 0.15) is 5.92 Å². The van der Waals surface area contributed by atoms with Crippen LogP contribution in [0.5, 0.6) is 0 Å². The first-order valence-electron chi connectivity index (χ1n) is 16.2. The number of nitrogens with one attached hydrogen (secondary N) is 2. The van der Waals surface area contributed by atoms with Crippen molar-refractivity contribution in [3.05, 3.63) is 0 Å². The van der Waals surface area contributed by atoms with Crippen molar-refractivity contribution in [2.45, 2.75) is 131 Å². The van der Waals surface area contributed by atoms with Crippen LogP contribution in [-0.2, 0) is 9.59 Å². The summed E-state index contributed by atoms with van der Waals surface area (Å²) in [6, 6.07) is 0.286. The Morgan fingerprint density at radius 3 is 1.41 bits per heavy atom. The maximum atomic E-state index is 14.2. The fourth-order valence-electron chi connectivity index (χ4n) is 11.1. The molecule has 2 N–H and O–H groups in total. The highest BCUT2D eigenvalue weighted by Crippen LogP contribution is 2.63. The first-order valence-corrected chi connectivity index (χ1v) is 16.2. The minimum Gasteiger partial charge on any atom is -0.353 e. The van der Waals surface area contributed by atoms with Gasteiger partial charge in [0.15, 0.2) is 0 Å². The lowest BCUT2D eigenvalue weighted by Gasteiger charge is -2.58. The fraction of sp³-hybridized carbons (Fsp3) is 0.939.